The molecule has 0 aromatic heterocycles. The Bertz CT molecular complexity index is 393. The van der Waals surface area contributed by atoms with Crippen LogP contribution in [0.1, 0.15) is 32.4 Å². The van der Waals surface area contributed by atoms with E-state index in [1.165, 1.54) is 5.56 Å². The smallest absolute Gasteiger partial charge is 0.161 e. The maximum Gasteiger partial charge on any atom is 0.161 e. The molecule has 0 aliphatic heterocycles. The molecular formula is C16H27NO3. The average Bonchev–Trinajstić information content (AvgIpc) is 2.45. The van der Waals surface area contributed by atoms with Gasteiger partial charge in [-0.25, -0.2) is 0 Å². The summed E-state index contributed by atoms with van der Waals surface area (Å²) in [5.41, 5.74) is 1.17. The fourth-order valence-corrected chi connectivity index (χ4v) is 1.77. The molecule has 4 heteroatoms. The standard InChI is InChI=1S/C16H27NO3/c1-12(2)11-19-8-9-20-15-7-6-14(13(3)17-4)10-16(15)18-5/h6-7,10,12-13,17H,8-9,11H2,1-5H3. The summed E-state index contributed by atoms with van der Waals surface area (Å²) in [7, 11) is 3.60. The van der Waals surface area contributed by atoms with Crippen molar-refractivity contribution in [1.82, 2.24) is 5.32 Å². The summed E-state index contributed by atoms with van der Waals surface area (Å²) >= 11 is 0. The van der Waals surface area contributed by atoms with Crippen LogP contribution in [0.15, 0.2) is 18.2 Å². The Balaban J connectivity index is 2.53. The number of methoxy groups -OCH3 is 1. The van der Waals surface area contributed by atoms with Crippen molar-refractivity contribution in [2.75, 3.05) is 34.0 Å². The van der Waals surface area contributed by atoms with Gasteiger partial charge in [0.25, 0.3) is 0 Å². The summed E-state index contributed by atoms with van der Waals surface area (Å²) in [5, 5.41) is 3.21. The molecule has 0 radical (unpaired) electrons. The first-order valence-corrected chi connectivity index (χ1v) is 7.14. The summed E-state index contributed by atoms with van der Waals surface area (Å²) in [6.45, 7) is 8.26. The predicted molar refractivity (Wildman–Crippen MR) is 81.6 cm³/mol. The van der Waals surface area contributed by atoms with Gasteiger partial charge in [0.2, 0.25) is 0 Å². The van der Waals surface area contributed by atoms with E-state index in [9.17, 15) is 0 Å². The molecule has 1 atom stereocenters. The second-order valence-corrected chi connectivity index (χ2v) is 5.24. The highest BCUT2D eigenvalue weighted by atomic mass is 16.5. The van der Waals surface area contributed by atoms with Crippen molar-refractivity contribution in [1.29, 1.82) is 0 Å². The van der Waals surface area contributed by atoms with Gasteiger partial charge in [0.1, 0.15) is 6.61 Å². The van der Waals surface area contributed by atoms with Crippen LogP contribution in [0.2, 0.25) is 0 Å². The Morgan fingerprint density at radius 2 is 1.85 bits per heavy atom. The third-order valence-corrected chi connectivity index (χ3v) is 3.06. The van der Waals surface area contributed by atoms with Crippen LogP contribution in [0.3, 0.4) is 0 Å². The average molecular weight is 281 g/mol. The van der Waals surface area contributed by atoms with Crippen LogP contribution in [-0.4, -0.2) is 34.0 Å². The first-order chi connectivity index (χ1) is 9.58. The van der Waals surface area contributed by atoms with Crippen molar-refractivity contribution in [3.8, 4) is 11.5 Å². The fourth-order valence-electron chi connectivity index (χ4n) is 1.77. The minimum atomic E-state index is 0.285. The van der Waals surface area contributed by atoms with Crippen molar-refractivity contribution >= 4 is 0 Å². The second kappa shape index (κ2) is 8.82. The molecule has 1 N–H and O–H groups in total. The molecular weight excluding hydrogens is 254 g/mol. The van der Waals surface area contributed by atoms with E-state index >= 15 is 0 Å². The molecule has 0 bridgehead atoms. The van der Waals surface area contributed by atoms with Gasteiger partial charge < -0.3 is 19.5 Å². The predicted octanol–water partition coefficient (Wildman–Crippen LogP) is 3.03. The van der Waals surface area contributed by atoms with Crippen LogP contribution in [0.5, 0.6) is 11.5 Å². The van der Waals surface area contributed by atoms with Crippen LogP contribution in [0.25, 0.3) is 0 Å². The normalized spacial score (nSPS) is 12.5. The molecule has 0 amide bonds. The van der Waals surface area contributed by atoms with Crippen molar-refractivity contribution in [2.24, 2.45) is 5.92 Å². The van der Waals surface area contributed by atoms with Crippen molar-refractivity contribution < 1.29 is 14.2 Å². The molecule has 20 heavy (non-hydrogen) atoms. The SMILES string of the molecule is CNC(C)c1ccc(OCCOCC(C)C)c(OC)c1. The largest absolute Gasteiger partial charge is 0.493 e. The topological polar surface area (TPSA) is 39.7 Å². The van der Waals surface area contributed by atoms with Crippen LogP contribution in [0, 0.1) is 5.92 Å². The van der Waals surface area contributed by atoms with Gasteiger partial charge in [-0.05, 0) is 37.6 Å². The van der Waals surface area contributed by atoms with Crippen molar-refractivity contribution in [3.63, 3.8) is 0 Å². The quantitative estimate of drug-likeness (QED) is 0.706. The van der Waals surface area contributed by atoms with Crippen LogP contribution >= 0.6 is 0 Å². The van der Waals surface area contributed by atoms with E-state index in [1.54, 1.807) is 7.11 Å². The lowest BCUT2D eigenvalue weighted by atomic mass is 10.1. The Morgan fingerprint density at radius 3 is 2.45 bits per heavy atom. The van der Waals surface area contributed by atoms with Gasteiger partial charge in [0.05, 0.1) is 13.7 Å². The molecule has 4 nitrogen and oxygen atoms in total. The maximum absolute atomic E-state index is 5.71. The van der Waals surface area contributed by atoms with Crippen LogP contribution in [-0.2, 0) is 4.74 Å². The van der Waals surface area contributed by atoms with E-state index in [2.05, 4.69) is 26.1 Å². The van der Waals surface area contributed by atoms with E-state index in [4.69, 9.17) is 14.2 Å². The molecule has 0 fully saturated rings. The summed E-state index contributed by atoms with van der Waals surface area (Å²) in [6.07, 6.45) is 0. The Morgan fingerprint density at radius 1 is 1.10 bits per heavy atom. The van der Waals surface area contributed by atoms with Crippen molar-refractivity contribution in [3.05, 3.63) is 23.8 Å². The van der Waals surface area contributed by atoms with Crippen molar-refractivity contribution in [2.45, 2.75) is 26.8 Å². The number of benzene rings is 1. The second-order valence-electron chi connectivity index (χ2n) is 5.24. The fraction of sp³-hybridized carbons (Fsp3) is 0.625. The number of ether oxygens (including phenoxy) is 3. The zero-order chi connectivity index (χ0) is 15.0. The number of rotatable bonds is 9. The minimum absolute atomic E-state index is 0.285. The van der Waals surface area contributed by atoms with Gasteiger partial charge in [0, 0.05) is 12.6 Å². The van der Waals surface area contributed by atoms with Gasteiger partial charge >= 0.3 is 0 Å². The van der Waals surface area contributed by atoms with Crippen LogP contribution < -0.4 is 14.8 Å². The Kier molecular flexibility index (Phi) is 7.41. The van der Waals surface area contributed by atoms with Gasteiger partial charge in [-0.2, -0.15) is 0 Å². The first-order valence-electron chi connectivity index (χ1n) is 7.14. The van der Waals surface area contributed by atoms with Gasteiger partial charge in [-0.1, -0.05) is 19.9 Å². The monoisotopic (exact) mass is 281 g/mol. The van der Waals surface area contributed by atoms with Crippen LogP contribution in [0.4, 0.5) is 0 Å². The van der Waals surface area contributed by atoms with Gasteiger partial charge in [0.15, 0.2) is 11.5 Å². The van der Waals surface area contributed by atoms with Gasteiger partial charge in [-0.3, -0.25) is 0 Å². The first kappa shape index (κ1) is 16.8. The summed E-state index contributed by atoms with van der Waals surface area (Å²) in [5.74, 6) is 2.06. The molecule has 1 rings (SSSR count). The summed E-state index contributed by atoms with van der Waals surface area (Å²) in [4.78, 5) is 0. The number of hydrogen-bond donors (Lipinski definition) is 1. The summed E-state index contributed by atoms with van der Waals surface area (Å²) < 4.78 is 16.6. The molecule has 1 aromatic carbocycles. The molecule has 114 valence electrons. The summed E-state index contributed by atoms with van der Waals surface area (Å²) in [6, 6.07) is 6.29. The molecule has 0 aliphatic rings. The molecule has 1 aromatic rings. The highest BCUT2D eigenvalue weighted by molar-refractivity contribution is 5.43. The zero-order valence-electron chi connectivity index (χ0n) is 13.2. The minimum Gasteiger partial charge on any atom is -0.493 e. The van der Waals surface area contributed by atoms with E-state index in [1.807, 2.05) is 25.2 Å². The molecule has 1 unspecified atom stereocenters. The lowest BCUT2D eigenvalue weighted by Crippen LogP contribution is -2.13. The van der Waals surface area contributed by atoms with E-state index in [0.717, 1.165) is 18.1 Å². The lowest BCUT2D eigenvalue weighted by Gasteiger charge is -2.15. The molecule has 0 saturated carbocycles. The van der Waals surface area contributed by atoms with Gasteiger partial charge in [-0.15, -0.1) is 0 Å². The third-order valence-electron chi connectivity index (χ3n) is 3.06. The Hall–Kier alpha value is -1.26. The molecule has 0 heterocycles. The Labute approximate surface area is 122 Å². The third kappa shape index (κ3) is 5.39. The number of nitrogens with one attached hydrogen (secondary N) is 1. The van der Waals surface area contributed by atoms with E-state index in [0.29, 0.717) is 19.1 Å². The maximum atomic E-state index is 5.71. The zero-order valence-corrected chi connectivity index (χ0v) is 13.2. The van der Waals surface area contributed by atoms with E-state index < -0.39 is 0 Å². The highest BCUT2D eigenvalue weighted by Crippen LogP contribution is 2.30. The molecule has 0 spiro atoms. The lowest BCUT2D eigenvalue weighted by molar-refractivity contribution is 0.0810. The van der Waals surface area contributed by atoms with E-state index in [-0.39, 0.29) is 6.04 Å². The highest BCUT2D eigenvalue weighted by Gasteiger charge is 2.09. The molecule has 0 saturated heterocycles. The molecule has 0 aliphatic carbocycles. The number of hydrogen-bond acceptors (Lipinski definition) is 4.